The van der Waals surface area contributed by atoms with E-state index in [9.17, 15) is 4.79 Å². The first-order chi connectivity index (χ1) is 11.8. The van der Waals surface area contributed by atoms with Gasteiger partial charge in [-0.05, 0) is 66.6 Å². The molecule has 0 saturated heterocycles. The van der Waals surface area contributed by atoms with Crippen molar-refractivity contribution < 1.29 is 9.53 Å². The minimum atomic E-state index is -0.168. The van der Waals surface area contributed by atoms with Crippen LogP contribution in [-0.4, -0.2) is 12.5 Å². The normalized spacial score (nSPS) is 10.8. The first-order valence-corrected chi connectivity index (χ1v) is 8.74. The number of carbonyl (C=O) groups is 1. The van der Waals surface area contributed by atoms with Gasteiger partial charge in [0.25, 0.3) is 5.91 Å². The number of rotatable bonds is 6. The number of nitrogens with two attached hydrogens (primary N) is 1. The monoisotopic (exact) mass is 340 g/mol. The maximum Gasteiger partial charge on any atom is 0.262 e. The molecule has 0 unspecified atom stereocenters. The molecule has 0 aliphatic heterocycles. The Kier molecular flexibility index (Phi) is 6.07. The molecule has 0 heterocycles. The molecule has 0 atom stereocenters. The van der Waals surface area contributed by atoms with Crippen molar-refractivity contribution >= 4 is 17.3 Å². The van der Waals surface area contributed by atoms with E-state index in [1.165, 1.54) is 0 Å². The van der Waals surface area contributed by atoms with E-state index in [1.54, 1.807) is 0 Å². The molecule has 0 bridgehead atoms. The molecule has 25 heavy (non-hydrogen) atoms. The van der Waals surface area contributed by atoms with Gasteiger partial charge in [0.15, 0.2) is 6.61 Å². The fourth-order valence-electron chi connectivity index (χ4n) is 2.91. The van der Waals surface area contributed by atoms with Crippen molar-refractivity contribution in [3.05, 3.63) is 52.6 Å². The topological polar surface area (TPSA) is 64.3 Å². The molecule has 0 aliphatic carbocycles. The first kappa shape index (κ1) is 18.8. The van der Waals surface area contributed by atoms with Crippen LogP contribution in [0.2, 0.25) is 0 Å². The molecule has 0 aromatic heterocycles. The minimum absolute atomic E-state index is 0.0177. The molecule has 2 aromatic carbocycles. The number of nitrogen functional groups attached to an aromatic ring is 1. The standard InChI is InChI=1S/C21H28N2O2/c1-6-16-11-17(22)10-15(5)21(16)23-20(24)12-25-19-9-14(4)7-8-18(19)13(2)3/h7-11,13H,6,12,22H2,1-5H3,(H,23,24). The van der Waals surface area contributed by atoms with E-state index >= 15 is 0 Å². The van der Waals surface area contributed by atoms with E-state index in [1.807, 2.05) is 39.0 Å². The van der Waals surface area contributed by atoms with E-state index in [0.717, 1.165) is 40.1 Å². The summed E-state index contributed by atoms with van der Waals surface area (Å²) < 4.78 is 5.81. The van der Waals surface area contributed by atoms with Crippen LogP contribution in [0.1, 0.15) is 48.9 Å². The number of aryl methyl sites for hydroxylation is 3. The molecule has 4 nitrogen and oxygen atoms in total. The molecule has 2 aromatic rings. The maximum absolute atomic E-state index is 12.4. The highest BCUT2D eigenvalue weighted by molar-refractivity contribution is 5.93. The Morgan fingerprint density at radius 3 is 2.56 bits per heavy atom. The average molecular weight is 340 g/mol. The van der Waals surface area contributed by atoms with Gasteiger partial charge in [0.05, 0.1) is 0 Å². The van der Waals surface area contributed by atoms with E-state index < -0.39 is 0 Å². The van der Waals surface area contributed by atoms with Gasteiger partial charge in [0.2, 0.25) is 0 Å². The number of ether oxygens (including phenoxy) is 1. The van der Waals surface area contributed by atoms with Gasteiger partial charge >= 0.3 is 0 Å². The number of carbonyl (C=O) groups excluding carboxylic acids is 1. The number of hydrogen-bond donors (Lipinski definition) is 2. The van der Waals surface area contributed by atoms with Crippen LogP contribution < -0.4 is 15.8 Å². The number of nitrogens with one attached hydrogen (secondary N) is 1. The summed E-state index contributed by atoms with van der Waals surface area (Å²) in [5.41, 5.74) is 11.7. The fraction of sp³-hybridized carbons (Fsp3) is 0.381. The van der Waals surface area contributed by atoms with Crippen LogP contribution in [0.3, 0.4) is 0 Å². The van der Waals surface area contributed by atoms with Crippen LogP contribution in [0, 0.1) is 13.8 Å². The molecule has 0 radical (unpaired) electrons. The number of hydrogen-bond acceptors (Lipinski definition) is 3. The zero-order chi connectivity index (χ0) is 18.6. The third-order valence-electron chi connectivity index (χ3n) is 4.23. The summed E-state index contributed by atoms with van der Waals surface area (Å²) in [7, 11) is 0. The Hall–Kier alpha value is -2.49. The summed E-state index contributed by atoms with van der Waals surface area (Å²) in [5.74, 6) is 0.943. The Morgan fingerprint density at radius 1 is 1.20 bits per heavy atom. The van der Waals surface area contributed by atoms with Crippen LogP contribution in [0.5, 0.6) is 5.75 Å². The summed E-state index contributed by atoms with van der Waals surface area (Å²) in [6.07, 6.45) is 0.803. The number of benzene rings is 2. The molecular formula is C21H28N2O2. The van der Waals surface area contributed by atoms with Crippen molar-refractivity contribution in [3.63, 3.8) is 0 Å². The second kappa shape index (κ2) is 8.06. The highest BCUT2D eigenvalue weighted by Gasteiger charge is 2.13. The first-order valence-electron chi connectivity index (χ1n) is 8.74. The minimum Gasteiger partial charge on any atom is -0.483 e. The second-order valence-corrected chi connectivity index (χ2v) is 6.76. The molecule has 0 fully saturated rings. The van der Waals surface area contributed by atoms with Gasteiger partial charge < -0.3 is 15.8 Å². The molecule has 0 spiro atoms. The highest BCUT2D eigenvalue weighted by Crippen LogP contribution is 2.28. The Bertz CT molecular complexity index is 767. The summed E-state index contributed by atoms with van der Waals surface area (Å²) in [6.45, 7) is 10.2. The number of amides is 1. The molecule has 2 rings (SSSR count). The summed E-state index contributed by atoms with van der Waals surface area (Å²) >= 11 is 0. The lowest BCUT2D eigenvalue weighted by molar-refractivity contribution is -0.118. The van der Waals surface area contributed by atoms with Crippen molar-refractivity contribution in [2.24, 2.45) is 0 Å². The average Bonchev–Trinajstić information content (AvgIpc) is 2.54. The van der Waals surface area contributed by atoms with Crippen LogP contribution >= 0.6 is 0 Å². The smallest absolute Gasteiger partial charge is 0.262 e. The quantitative estimate of drug-likeness (QED) is 0.756. The van der Waals surface area contributed by atoms with Gasteiger partial charge in [0.1, 0.15) is 5.75 Å². The largest absolute Gasteiger partial charge is 0.483 e. The summed E-state index contributed by atoms with van der Waals surface area (Å²) in [4.78, 5) is 12.4. The lowest BCUT2D eigenvalue weighted by atomic mass is 10.0. The van der Waals surface area contributed by atoms with Crippen LogP contribution in [-0.2, 0) is 11.2 Å². The molecule has 134 valence electrons. The van der Waals surface area contributed by atoms with Gasteiger partial charge in [0, 0.05) is 11.4 Å². The van der Waals surface area contributed by atoms with Gasteiger partial charge in [-0.2, -0.15) is 0 Å². The van der Waals surface area contributed by atoms with Crippen LogP contribution in [0.15, 0.2) is 30.3 Å². The highest BCUT2D eigenvalue weighted by atomic mass is 16.5. The Morgan fingerprint density at radius 2 is 1.92 bits per heavy atom. The van der Waals surface area contributed by atoms with Gasteiger partial charge in [-0.25, -0.2) is 0 Å². The molecule has 0 saturated carbocycles. The predicted molar refractivity (Wildman–Crippen MR) is 104 cm³/mol. The van der Waals surface area contributed by atoms with Crippen LogP contribution in [0.4, 0.5) is 11.4 Å². The Labute approximate surface area is 150 Å². The summed E-state index contributed by atoms with van der Waals surface area (Å²) in [5, 5.41) is 2.97. The third-order valence-corrected chi connectivity index (χ3v) is 4.23. The second-order valence-electron chi connectivity index (χ2n) is 6.76. The zero-order valence-corrected chi connectivity index (χ0v) is 15.8. The molecule has 4 heteroatoms. The molecule has 1 amide bonds. The molecule has 0 aliphatic rings. The third kappa shape index (κ3) is 4.75. The SMILES string of the molecule is CCc1cc(N)cc(C)c1NC(=O)COc1cc(C)ccc1C(C)C. The summed E-state index contributed by atoms with van der Waals surface area (Å²) in [6, 6.07) is 9.88. The van der Waals surface area contributed by atoms with E-state index in [4.69, 9.17) is 10.5 Å². The van der Waals surface area contributed by atoms with E-state index in [-0.39, 0.29) is 12.5 Å². The fourth-order valence-corrected chi connectivity index (χ4v) is 2.91. The van der Waals surface area contributed by atoms with Gasteiger partial charge in [-0.1, -0.05) is 32.9 Å². The number of anilines is 2. The lowest BCUT2D eigenvalue weighted by Crippen LogP contribution is -2.22. The maximum atomic E-state index is 12.4. The van der Waals surface area contributed by atoms with Crippen molar-refractivity contribution in [2.75, 3.05) is 17.7 Å². The lowest BCUT2D eigenvalue weighted by Gasteiger charge is -2.17. The van der Waals surface area contributed by atoms with Crippen molar-refractivity contribution in [1.82, 2.24) is 0 Å². The molecular weight excluding hydrogens is 312 g/mol. The predicted octanol–water partition coefficient (Wildman–Crippen LogP) is 4.59. The van der Waals surface area contributed by atoms with Gasteiger partial charge in [-0.15, -0.1) is 0 Å². The van der Waals surface area contributed by atoms with E-state index in [0.29, 0.717) is 11.6 Å². The van der Waals surface area contributed by atoms with Crippen LogP contribution in [0.25, 0.3) is 0 Å². The van der Waals surface area contributed by atoms with Crippen molar-refractivity contribution in [1.29, 1.82) is 0 Å². The van der Waals surface area contributed by atoms with E-state index in [2.05, 4.69) is 31.3 Å². The van der Waals surface area contributed by atoms with Gasteiger partial charge in [-0.3, -0.25) is 4.79 Å². The zero-order valence-electron chi connectivity index (χ0n) is 15.8. The van der Waals surface area contributed by atoms with Crippen molar-refractivity contribution in [2.45, 2.75) is 47.0 Å². The molecule has 3 N–H and O–H groups in total. The Balaban J connectivity index is 2.11. The van der Waals surface area contributed by atoms with Crippen molar-refractivity contribution in [3.8, 4) is 5.75 Å².